The molecule has 1 aromatic heterocycles. The van der Waals surface area contributed by atoms with Crippen molar-refractivity contribution in [1.29, 1.82) is 0 Å². The topological polar surface area (TPSA) is 104 Å². The molecule has 0 aliphatic carbocycles. The van der Waals surface area contributed by atoms with Crippen LogP contribution in [0.25, 0.3) is 0 Å². The number of carbonyl (C=O) groups is 1. The van der Waals surface area contributed by atoms with Gasteiger partial charge in [-0.3, -0.25) is 19.8 Å². The van der Waals surface area contributed by atoms with E-state index in [2.05, 4.69) is 25.1 Å². The molecule has 1 saturated heterocycles. The van der Waals surface area contributed by atoms with E-state index in [1.165, 1.54) is 12.1 Å². The number of amides is 1. The molecule has 136 valence electrons. The number of nitro benzene ring substituents is 1. The van der Waals surface area contributed by atoms with E-state index < -0.39 is 4.92 Å². The van der Waals surface area contributed by atoms with E-state index in [0.29, 0.717) is 24.7 Å². The zero-order valence-electron chi connectivity index (χ0n) is 14.4. The first-order valence-corrected chi connectivity index (χ1v) is 8.36. The molecule has 0 radical (unpaired) electrons. The maximum absolute atomic E-state index is 12.5. The molecule has 2 heterocycles. The number of carbonyl (C=O) groups excluding carboxylic acids is 1. The summed E-state index contributed by atoms with van der Waals surface area (Å²) >= 11 is 0. The molecule has 0 spiro atoms. The summed E-state index contributed by atoms with van der Waals surface area (Å²) in [6, 6.07) is 7.38. The van der Waals surface area contributed by atoms with Crippen molar-refractivity contribution in [1.82, 2.24) is 14.9 Å². The first kappa shape index (κ1) is 17.7. The number of rotatable bonds is 5. The normalized spacial score (nSPS) is 16.1. The fourth-order valence-electron chi connectivity index (χ4n) is 2.87. The Kier molecular flexibility index (Phi) is 5.37. The van der Waals surface area contributed by atoms with Crippen LogP contribution in [0.4, 0.5) is 17.3 Å². The van der Waals surface area contributed by atoms with Crippen molar-refractivity contribution in [3.05, 3.63) is 52.8 Å². The Bertz CT molecular complexity index is 777. The molecular weight excluding hydrogens is 336 g/mol. The van der Waals surface area contributed by atoms with Gasteiger partial charge in [-0.05, 0) is 19.1 Å². The SMILES string of the molecule is CC(C(=O)Nc1cccc([N+](=O)[O-])c1)N1CCN(c2ncccn2)CC1. The van der Waals surface area contributed by atoms with Crippen LogP contribution in [0.1, 0.15) is 6.92 Å². The molecule has 1 N–H and O–H groups in total. The van der Waals surface area contributed by atoms with Crippen LogP contribution in [0.5, 0.6) is 0 Å². The lowest BCUT2D eigenvalue weighted by Gasteiger charge is -2.37. The standard InChI is InChI=1S/C17H20N6O3/c1-13(16(24)20-14-4-2-5-15(12-14)23(25)26)21-8-10-22(11-9-21)17-18-6-3-7-19-17/h2-7,12-13H,8-11H2,1H3,(H,20,24). The Balaban J connectivity index is 1.56. The Morgan fingerprint density at radius 2 is 1.88 bits per heavy atom. The van der Waals surface area contributed by atoms with E-state index in [-0.39, 0.29) is 17.6 Å². The molecule has 1 aliphatic rings. The molecule has 9 heteroatoms. The first-order chi connectivity index (χ1) is 12.5. The van der Waals surface area contributed by atoms with E-state index >= 15 is 0 Å². The van der Waals surface area contributed by atoms with Crippen molar-refractivity contribution in [2.75, 3.05) is 36.4 Å². The fraction of sp³-hybridized carbons (Fsp3) is 0.353. The number of benzene rings is 1. The number of piperazine rings is 1. The number of nitrogens with one attached hydrogen (secondary N) is 1. The van der Waals surface area contributed by atoms with Gasteiger partial charge in [0.2, 0.25) is 11.9 Å². The van der Waals surface area contributed by atoms with Crippen molar-refractivity contribution < 1.29 is 9.72 Å². The highest BCUT2D eigenvalue weighted by Gasteiger charge is 2.26. The Hall–Kier alpha value is -3.07. The highest BCUT2D eigenvalue weighted by atomic mass is 16.6. The third-order valence-electron chi connectivity index (χ3n) is 4.40. The van der Waals surface area contributed by atoms with Crippen molar-refractivity contribution in [3.8, 4) is 0 Å². The van der Waals surface area contributed by atoms with E-state index in [1.807, 2.05) is 6.92 Å². The van der Waals surface area contributed by atoms with Gasteiger partial charge in [-0.1, -0.05) is 6.07 Å². The monoisotopic (exact) mass is 356 g/mol. The molecule has 1 aliphatic heterocycles. The summed E-state index contributed by atoms with van der Waals surface area (Å²) in [5, 5.41) is 13.6. The van der Waals surface area contributed by atoms with Gasteiger partial charge in [0, 0.05) is 56.4 Å². The van der Waals surface area contributed by atoms with Crippen LogP contribution in [-0.4, -0.2) is 57.9 Å². The molecule has 1 amide bonds. The number of aromatic nitrogens is 2. The zero-order valence-corrected chi connectivity index (χ0v) is 14.4. The van der Waals surface area contributed by atoms with Crippen LogP contribution in [0.15, 0.2) is 42.7 Å². The lowest BCUT2D eigenvalue weighted by atomic mass is 10.2. The summed E-state index contributed by atoms with van der Waals surface area (Å²) in [6.07, 6.45) is 3.42. The second-order valence-corrected chi connectivity index (χ2v) is 6.04. The summed E-state index contributed by atoms with van der Waals surface area (Å²) in [7, 11) is 0. The summed E-state index contributed by atoms with van der Waals surface area (Å²) in [5.41, 5.74) is 0.374. The van der Waals surface area contributed by atoms with Gasteiger partial charge in [0.05, 0.1) is 11.0 Å². The summed E-state index contributed by atoms with van der Waals surface area (Å²) in [5.74, 6) is 0.510. The van der Waals surface area contributed by atoms with Gasteiger partial charge in [0.1, 0.15) is 0 Å². The predicted molar refractivity (Wildman–Crippen MR) is 97.0 cm³/mol. The number of nitro groups is 1. The highest BCUT2D eigenvalue weighted by Crippen LogP contribution is 2.18. The van der Waals surface area contributed by atoms with Crippen LogP contribution in [0, 0.1) is 10.1 Å². The first-order valence-electron chi connectivity index (χ1n) is 8.36. The molecule has 2 aromatic rings. The number of non-ortho nitro benzene ring substituents is 1. The second kappa shape index (κ2) is 7.87. The van der Waals surface area contributed by atoms with Gasteiger partial charge in [-0.15, -0.1) is 0 Å². The minimum atomic E-state index is -0.482. The molecule has 1 atom stereocenters. The average Bonchev–Trinajstić information content (AvgIpc) is 2.68. The third kappa shape index (κ3) is 4.12. The number of hydrogen-bond donors (Lipinski definition) is 1. The average molecular weight is 356 g/mol. The van der Waals surface area contributed by atoms with Gasteiger partial charge >= 0.3 is 0 Å². The molecule has 3 rings (SSSR count). The van der Waals surface area contributed by atoms with E-state index in [9.17, 15) is 14.9 Å². The van der Waals surface area contributed by atoms with E-state index in [4.69, 9.17) is 0 Å². The lowest BCUT2D eigenvalue weighted by Crippen LogP contribution is -2.53. The molecule has 9 nitrogen and oxygen atoms in total. The third-order valence-corrected chi connectivity index (χ3v) is 4.40. The van der Waals surface area contributed by atoms with Crippen LogP contribution < -0.4 is 10.2 Å². The molecule has 26 heavy (non-hydrogen) atoms. The van der Waals surface area contributed by atoms with Gasteiger partial charge in [-0.25, -0.2) is 9.97 Å². The predicted octanol–water partition coefficient (Wildman–Crippen LogP) is 1.53. The van der Waals surface area contributed by atoms with Crippen molar-refractivity contribution in [3.63, 3.8) is 0 Å². The fourth-order valence-corrected chi connectivity index (χ4v) is 2.87. The molecule has 1 fully saturated rings. The van der Waals surface area contributed by atoms with Gasteiger partial charge in [-0.2, -0.15) is 0 Å². The number of hydrogen-bond acceptors (Lipinski definition) is 7. The molecule has 0 bridgehead atoms. The summed E-state index contributed by atoms with van der Waals surface area (Å²) < 4.78 is 0. The van der Waals surface area contributed by atoms with E-state index in [0.717, 1.165) is 13.1 Å². The largest absolute Gasteiger partial charge is 0.338 e. The smallest absolute Gasteiger partial charge is 0.271 e. The summed E-state index contributed by atoms with van der Waals surface area (Å²) in [4.78, 5) is 35.5. The Morgan fingerprint density at radius 1 is 1.19 bits per heavy atom. The molecular formula is C17H20N6O3. The minimum Gasteiger partial charge on any atom is -0.338 e. The molecule has 0 saturated carbocycles. The van der Waals surface area contributed by atoms with Gasteiger partial charge in [0.15, 0.2) is 0 Å². The Labute approximate surface area is 150 Å². The van der Waals surface area contributed by atoms with Gasteiger partial charge in [0.25, 0.3) is 5.69 Å². The van der Waals surface area contributed by atoms with Crippen molar-refractivity contribution in [2.45, 2.75) is 13.0 Å². The number of anilines is 2. The lowest BCUT2D eigenvalue weighted by molar-refractivity contribution is -0.384. The molecule has 1 aromatic carbocycles. The quantitative estimate of drug-likeness (QED) is 0.640. The summed E-state index contributed by atoms with van der Waals surface area (Å²) in [6.45, 7) is 4.72. The highest BCUT2D eigenvalue weighted by molar-refractivity contribution is 5.94. The zero-order chi connectivity index (χ0) is 18.5. The van der Waals surface area contributed by atoms with Crippen LogP contribution in [-0.2, 0) is 4.79 Å². The van der Waals surface area contributed by atoms with Crippen LogP contribution >= 0.6 is 0 Å². The van der Waals surface area contributed by atoms with E-state index in [1.54, 1.807) is 30.6 Å². The van der Waals surface area contributed by atoms with Crippen LogP contribution in [0.3, 0.4) is 0 Å². The maximum atomic E-state index is 12.5. The minimum absolute atomic E-state index is 0.0491. The van der Waals surface area contributed by atoms with Gasteiger partial charge < -0.3 is 10.2 Å². The van der Waals surface area contributed by atoms with Crippen molar-refractivity contribution in [2.24, 2.45) is 0 Å². The Morgan fingerprint density at radius 3 is 2.54 bits per heavy atom. The molecule has 1 unspecified atom stereocenters. The van der Waals surface area contributed by atoms with Crippen LogP contribution in [0.2, 0.25) is 0 Å². The second-order valence-electron chi connectivity index (χ2n) is 6.04. The van der Waals surface area contributed by atoms with Crippen molar-refractivity contribution >= 4 is 23.2 Å². The maximum Gasteiger partial charge on any atom is 0.271 e. The number of nitrogens with zero attached hydrogens (tertiary/aromatic N) is 5.